The molecule has 0 spiro atoms. The molecule has 0 aromatic carbocycles. The first-order valence-electron chi connectivity index (χ1n) is 21.2. The first-order chi connectivity index (χ1) is 24.6. The minimum absolute atomic E-state index is 0.125. The average Bonchev–Trinajstić information content (AvgIpc) is 3.12. The van der Waals surface area contributed by atoms with Crippen LogP contribution in [0, 0.1) is 0 Å². The van der Waals surface area contributed by atoms with Gasteiger partial charge in [0.2, 0.25) is 0 Å². The van der Waals surface area contributed by atoms with Crippen LogP contribution in [0.2, 0.25) is 0 Å². The number of unbranched alkanes of at least 4 members (excludes halogenated alkanes) is 22. The molecular formula is C45H80O5. The fourth-order valence-electron chi connectivity index (χ4n) is 5.83. The number of hydrogen-bond donors (Lipinski definition) is 1. The van der Waals surface area contributed by atoms with Crippen molar-refractivity contribution < 1.29 is 24.2 Å². The van der Waals surface area contributed by atoms with Gasteiger partial charge >= 0.3 is 11.9 Å². The summed E-state index contributed by atoms with van der Waals surface area (Å²) < 4.78 is 10.3. The van der Waals surface area contributed by atoms with E-state index in [2.05, 4.69) is 62.5 Å². The van der Waals surface area contributed by atoms with Crippen molar-refractivity contribution in [1.82, 2.24) is 0 Å². The summed E-state index contributed by atoms with van der Waals surface area (Å²) in [6.45, 7) is 4.26. The number of rotatable bonds is 38. The van der Waals surface area contributed by atoms with E-state index in [9.17, 15) is 14.7 Å². The molecule has 1 N–H and O–H groups in total. The largest absolute Gasteiger partial charge is 0.463 e. The second kappa shape index (κ2) is 41.3. The summed E-state index contributed by atoms with van der Waals surface area (Å²) in [5, 5.41) is 10.0. The third-order valence-electron chi connectivity index (χ3n) is 9.07. The molecule has 50 heavy (non-hydrogen) atoms. The van der Waals surface area contributed by atoms with E-state index in [4.69, 9.17) is 9.47 Å². The van der Waals surface area contributed by atoms with Gasteiger partial charge in [0.05, 0.1) is 0 Å². The van der Waals surface area contributed by atoms with Gasteiger partial charge in [0.1, 0.15) is 19.3 Å². The maximum Gasteiger partial charge on any atom is 0.305 e. The number of carbonyl (C=O) groups is 2. The molecule has 0 heterocycles. The Morgan fingerprint density at radius 3 is 1.08 bits per heavy atom. The molecule has 1 atom stereocenters. The third kappa shape index (κ3) is 40.3. The Hall–Kier alpha value is -2.14. The van der Waals surface area contributed by atoms with Crippen molar-refractivity contribution in [1.29, 1.82) is 0 Å². The van der Waals surface area contributed by atoms with Crippen molar-refractivity contribution in [2.24, 2.45) is 0 Å². The normalized spacial score (nSPS) is 12.6. The second-order valence-electron chi connectivity index (χ2n) is 14.1. The van der Waals surface area contributed by atoms with Crippen molar-refractivity contribution in [3.8, 4) is 0 Å². The first-order valence-corrected chi connectivity index (χ1v) is 21.2. The molecule has 0 unspecified atom stereocenters. The number of aliphatic hydroxyl groups excluding tert-OH is 1. The first kappa shape index (κ1) is 47.9. The van der Waals surface area contributed by atoms with Gasteiger partial charge in [-0.05, 0) is 57.8 Å². The van der Waals surface area contributed by atoms with Crippen molar-refractivity contribution >= 4 is 11.9 Å². The van der Waals surface area contributed by atoms with Gasteiger partial charge in [-0.3, -0.25) is 9.59 Å². The zero-order chi connectivity index (χ0) is 36.4. The summed E-state index contributed by atoms with van der Waals surface area (Å²) in [4.78, 5) is 24.0. The monoisotopic (exact) mass is 701 g/mol. The molecule has 0 radical (unpaired) electrons. The molecule has 0 amide bonds. The lowest BCUT2D eigenvalue weighted by Gasteiger charge is -2.12. The van der Waals surface area contributed by atoms with E-state index in [1.54, 1.807) is 0 Å². The summed E-state index contributed by atoms with van der Waals surface area (Å²) in [7, 11) is 0. The van der Waals surface area contributed by atoms with E-state index in [0.29, 0.717) is 12.8 Å². The van der Waals surface area contributed by atoms with Crippen molar-refractivity contribution in [2.45, 2.75) is 213 Å². The number of allylic oxidation sites excluding steroid dienone is 8. The van der Waals surface area contributed by atoms with E-state index >= 15 is 0 Å². The highest BCUT2D eigenvalue weighted by atomic mass is 16.6. The van der Waals surface area contributed by atoms with Gasteiger partial charge in [-0.1, -0.05) is 184 Å². The molecule has 0 aliphatic carbocycles. The van der Waals surface area contributed by atoms with Gasteiger partial charge < -0.3 is 14.6 Å². The van der Waals surface area contributed by atoms with Gasteiger partial charge in [-0.25, -0.2) is 0 Å². The number of ether oxygens (including phenoxy) is 2. The quantitative estimate of drug-likeness (QED) is 0.0394. The molecule has 0 aromatic heterocycles. The van der Waals surface area contributed by atoms with E-state index < -0.39 is 6.10 Å². The average molecular weight is 701 g/mol. The predicted octanol–water partition coefficient (Wildman–Crippen LogP) is 13.4. The molecule has 0 fully saturated rings. The number of hydrogen-bond acceptors (Lipinski definition) is 5. The molecule has 5 heteroatoms. The maximum absolute atomic E-state index is 12.0. The Morgan fingerprint density at radius 1 is 0.420 bits per heavy atom. The highest BCUT2D eigenvalue weighted by Gasteiger charge is 2.12. The smallest absolute Gasteiger partial charge is 0.305 e. The highest BCUT2D eigenvalue weighted by molar-refractivity contribution is 5.69. The summed E-state index contributed by atoms with van der Waals surface area (Å²) in [5.41, 5.74) is 0. The van der Waals surface area contributed by atoms with E-state index in [1.807, 2.05) is 0 Å². The van der Waals surface area contributed by atoms with Gasteiger partial charge in [-0.2, -0.15) is 0 Å². The molecule has 0 bridgehead atoms. The molecular weight excluding hydrogens is 620 g/mol. The van der Waals surface area contributed by atoms with Crippen LogP contribution in [0.4, 0.5) is 0 Å². The Labute approximate surface area is 309 Å². The molecule has 0 aromatic rings. The standard InChI is InChI=1S/C45H80O5/c1-3-5-7-9-11-13-15-17-19-21-22-24-26-28-30-32-34-36-38-40-45(48)50-42-43(46)41-49-44(47)39-37-35-33-31-29-27-25-23-20-18-16-14-12-10-8-6-4-2/h11,13,17,19,22,24,28,30,43,46H,3-10,12,14-16,18,20-21,23,25-27,29,31-42H2,1-2H3/b13-11-,19-17-,24-22-,30-28-/t43-/m1/s1. The lowest BCUT2D eigenvalue weighted by Crippen LogP contribution is -2.25. The van der Waals surface area contributed by atoms with Crippen molar-refractivity contribution in [2.75, 3.05) is 13.2 Å². The molecule has 0 aliphatic heterocycles. The molecule has 0 saturated heterocycles. The van der Waals surface area contributed by atoms with Gasteiger partial charge in [0.25, 0.3) is 0 Å². The zero-order valence-corrected chi connectivity index (χ0v) is 32.9. The third-order valence-corrected chi connectivity index (χ3v) is 9.07. The summed E-state index contributed by atoms with van der Waals surface area (Å²) >= 11 is 0. The number of esters is 2. The Kier molecular flexibility index (Phi) is 39.5. The van der Waals surface area contributed by atoms with Crippen molar-refractivity contribution in [3.63, 3.8) is 0 Å². The predicted molar refractivity (Wildman–Crippen MR) is 214 cm³/mol. The Morgan fingerprint density at radius 2 is 0.700 bits per heavy atom. The van der Waals surface area contributed by atoms with Gasteiger partial charge in [-0.15, -0.1) is 0 Å². The zero-order valence-electron chi connectivity index (χ0n) is 32.9. The van der Waals surface area contributed by atoms with Crippen LogP contribution in [0.25, 0.3) is 0 Å². The van der Waals surface area contributed by atoms with Gasteiger partial charge in [0, 0.05) is 12.8 Å². The van der Waals surface area contributed by atoms with Crippen LogP contribution < -0.4 is 0 Å². The topological polar surface area (TPSA) is 72.8 Å². The van der Waals surface area contributed by atoms with Crippen LogP contribution in [-0.4, -0.2) is 36.4 Å². The Bertz CT molecular complexity index is 842. The van der Waals surface area contributed by atoms with Crippen LogP contribution in [0.5, 0.6) is 0 Å². The summed E-state index contributed by atoms with van der Waals surface area (Å²) in [6, 6.07) is 0. The molecule has 5 nitrogen and oxygen atoms in total. The van der Waals surface area contributed by atoms with Crippen LogP contribution in [-0.2, 0) is 19.1 Å². The van der Waals surface area contributed by atoms with E-state index in [1.165, 1.54) is 116 Å². The van der Waals surface area contributed by atoms with Crippen molar-refractivity contribution in [3.05, 3.63) is 48.6 Å². The lowest BCUT2D eigenvalue weighted by atomic mass is 10.0. The van der Waals surface area contributed by atoms with Gasteiger partial charge in [0.15, 0.2) is 0 Å². The van der Waals surface area contributed by atoms with Crippen LogP contribution in [0.3, 0.4) is 0 Å². The molecule has 0 rings (SSSR count). The van der Waals surface area contributed by atoms with Crippen LogP contribution in [0.15, 0.2) is 48.6 Å². The molecule has 0 aliphatic rings. The minimum Gasteiger partial charge on any atom is -0.463 e. The fourth-order valence-corrected chi connectivity index (χ4v) is 5.83. The second-order valence-corrected chi connectivity index (χ2v) is 14.1. The molecule has 0 saturated carbocycles. The SMILES string of the molecule is CCCCC/C=C\C/C=C\C/C=C\C/C=C\CCCCCC(=O)OC[C@H](O)COC(=O)CCCCCCCCCCCCCCCCCCC. The summed E-state index contributed by atoms with van der Waals surface area (Å²) in [6.07, 6.45) is 51.7. The Balaban J connectivity index is 3.49. The molecule has 290 valence electrons. The number of aliphatic hydroxyl groups is 1. The van der Waals surface area contributed by atoms with Crippen LogP contribution in [0.1, 0.15) is 206 Å². The number of carbonyl (C=O) groups excluding carboxylic acids is 2. The van der Waals surface area contributed by atoms with E-state index in [-0.39, 0.29) is 25.2 Å². The summed E-state index contributed by atoms with van der Waals surface area (Å²) in [5.74, 6) is -0.595. The maximum atomic E-state index is 12.0. The van der Waals surface area contributed by atoms with E-state index in [0.717, 1.165) is 64.2 Å². The van der Waals surface area contributed by atoms with Crippen LogP contribution >= 0.6 is 0 Å². The lowest BCUT2D eigenvalue weighted by molar-refractivity contribution is -0.152. The minimum atomic E-state index is -0.976. The fraction of sp³-hybridized carbons (Fsp3) is 0.778. The highest BCUT2D eigenvalue weighted by Crippen LogP contribution is 2.14.